The maximum atomic E-state index is 12.3. The van der Waals surface area contributed by atoms with E-state index in [1.807, 2.05) is 4.90 Å². The molecule has 0 spiro atoms. The van der Waals surface area contributed by atoms with Crippen LogP contribution in [0.3, 0.4) is 0 Å². The molecule has 2 atom stereocenters. The molecule has 1 unspecified atom stereocenters. The van der Waals surface area contributed by atoms with Crippen LogP contribution in [-0.2, 0) is 14.3 Å². The minimum Gasteiger partial charge on any atom is -0.301 e. The van der Waals surface area contributed by atoms with Gasteiger partial charge in [-0.3, -0.25) is 4.18 Å². The molecule has 3 saturated heterocycles. The molecule has 4 rings (SSSR count). The second-order valence-electron chi connectivity index (χ2n) is 4.99. The van der Waals surface area contributed by atoms with Crippen LogP contribution in [0, 0.1) is 5.92 Å². The summed E-state index contributed by atoms with van der Waals surface area (Å²) < 4.78 is 38.9. The Labute approximate surface area is 123 Å². The third-order valence-corrected chi connectivity index (χ3v) is 5.59. The lowest BCUT2D eigenvalue weighted by Crippen LogP contribution is -2.51. The van der Waals surface area contributed by atoms with E-state index < -0.39 is 22.7 Å². The number of benzene rings is 1. The van der Waals surface area contributed by atoms with E-state index in [-0.39, 0.29) is 10.8 Å². The first-order chi connectivity index (χ1) is 9.47. The van der Waals surface area contributed by atoms with Crippen molar-refractivity contribution >= 4 is 26.0 Å². The van der Waals surface area contributed by atoms with Gasteiger partial charge in [-0.15, -0.1) is 0 Å². The van der Waals surface area contributed by atoms with E-state index in [9.17, 15) is 8.42 Å². The van der Waals surface area contributed by atoms with Crippen LogP contribution in [0.15, 0.2) is 33.6 Å². The van der Waals surface area contributed by atoms with Gasteiger partial charge in [0.05, 0.1) is 11.0 Å². The highest BCUT2D eigenvalue weighted by Gasteiger charge is 2.37. The lowest BCUT2D eigenvalue weighted by atomic mass is 9.86. The van der Waals surface area contributed by atoms with Crippen LogP contribution in [-0.4, -0.2) is 39.0 Å². The molecule has 3 aliphatic rings. The molecule has 104 valence electrons. The fourth-order valence-corrected chi connectivity index (χ4v) is 3.98. The van der Waals surface area contributed by atoms with Crippen molar-refractivity contribution in [2.75, 3.05) is 19.6 Å². The fraction of sp³-hybridized carbons (Fsp3) is 0.538. The lowest BCUT2D eigenvalue weighted by Gasteiger charge is -2.43. The van der Waals surface area contributed by atoms with Crippen molar-refractivity contribution in [3.8, 4) is 0 Å². The first-order valence-electron chi connectivity index (χ1n) is 6.90. The van der Waals surface area contributed by atoms with Crippen LogP contribution < -0.4 is 0 Å². The molecule has 0 saturated carbocycles. The number of piperidine rings is 3. The molecule has 0 N–H and O–H groups in total. The highest BCUT2D eigenvalue weighted by Crippen LogP contribution is 2.31. The van der Waals surface area contributed by atoms with Crippen molar-refractivity contribution in [3.63, 3.8) is 0 Å². The van der Waals surface area contributed by atoms with Crippen molar-refractivity contribution in [3.05, 3.63) is 28.7 Å². The van der Waals surface area contributed by atoms with Gasteiger partial charge in [-0.05, 0) is 56.1 Å². The highest BCUT2D eigenvalue weighted by atomic mass is 79.9. The minimum absolute atomic E-state index is 0.143. The molecule has 4 nitrogen and oxygen atoms in total. The largest absolute Gasteiger partial charge is 0.301 e. The third kappa shape index (κ3) is 2.86. The molecule has 0 aromatic heterocycles. The summed E-state index contributed by atoms with van der Waals surface area (Å²) in [5.41, 5.74) is 0. The Kier molecular flexibility index (Phi) is 3.35. The molecule has 1 aromatic rings. The number of fused-ring (bicyclic) bond motifs is 3. The van der Waals surface area contributed by atoms with Gasteiger partial charge in [-0.2, -0.15) is 8.42 Å². The second kappa shape index (κ2) is 5.16. The van der Waals surface area contributed by atoms with Crippen LogP contribution in [0.25, 0.3) is 0 Å². The molecular formula is C13H16BrNO3S. The van der Waals surface area contributed by atoms with Gasteiger partial charge in [0.1, 0.15) is 0 Å². The summed E-state index contributed by atoms with van der Waals surface area (Å²) in [6.07, 6.45) is 1.28. The number of nitrogens with zero attached hydrogens (tertiary/aromatic N) is 1. The monoisotopic (exact) mass is 346 g/mol. The van der Waals surface area contributed by atoms with E-state index in [4.69, 9.17) is 5.55 Å². The predicted molar refractivity (Wildman–Crippen MR) is 75.4 cm³/mol. The molecule has 2 bridgehead atoms. The lowest BCUT2D eigenvalue weighted by molar-refractivity contribution is -0.00428. The summed E-state index contributed by atoms with van der Waals surface area (Å²) in [4.78, 5) is 2.13. The Bertz CT molecular complexity index is 582. The average molecular weight is 347 g/mol. The Morgan fingerprint density at radius 1 is 1.26 bits per heavy atom. The first kappa shape index (κ1) is 12.3. The second-order valence-corrected chi connectivity index (χ2v) is 7.48. The van der Waals surface area contributed by atoms with E-state index in [1.54, 1.807) is 12.1 Å². The van der Waals surface area contributed by atoms with Gasteiger partial charge >= 0.3 is 0 Å². The number of hydrogen-bond acceptors (Lipinski definition) is 4. The molecule has 19 heavy (non-hydrogen) atoms. The number of hydrogen-bond donors (Lipinski definition) is 0. The molecule has 1 aromatic carbocycles. The van der Waals surface area contributed by atoms with Gasteiger partial charge in [0.25, 0.3) is 10.1 Å². The zero-order valence-electron chi connectivity index (χ0n) is 11.3. The van der Waals surface area contributed by atoms with E-state index >= 15 is 0 Å². The van der Waals surface area contributed by atoms with Gasteiger partial charge in [0.2, 0.25) is 0 Å². The van der Waals surface area contributed by atoms with Gasteiger partial charge in [-0.25, -0.2) is 0 Å². The van der Waals surface area contributed by atoms with E-state index in [0.29, 0.717) is 0 Å². The predicted octanol–water partition coefficient (Wildman–Crippen LogP) is 2.25. The fourth-order valence-electron chi connectivity index (χ4n) is 2.63. The Hall–Kier alpha value is -0.430. The molecule has 0 aliphatic carbocycles. The molecular weight excluding hydrogens is 330 g/mol. The molecule has 0 amide bonds. The minimum atomic E-state index is -3.80. The zero-order valence-corrected chi connectivity index (χ0v) is 12.7. The summed E-state index contributed by atoms with van der Waals surface area (Å²) in [6, 6.07) is 6.37. The average Bonchev–Trinajstić information content (AvgIpc) is 2.44. The topological polar surface area (TPSA) is 46.6 Å². The standard InChI is InChI=1S/C13H16BrNO3S/c14-11-1-3-12(4-2-11)19(16,17)18-13-9-15-7-5-10(13)6-8-15/h1-4,10,13H,5-9H2/t13-/m0/s1/i9D/t9?,13-. The Morgan fingerprint density at radius 2 is 1.89 bits per heavy atom. The van der Waals surface area contributed by atoms with E-state index in [1.165, 1.54) is 12.1 Å². The van der Waals surface area contributed by atoms with E-state index in [0.717, 1.165) is 30.4 Å². The van der Waals surface area contributed by atoms with Gasteiger partial charge < -0.3 is 4.90 Å². The molecule has 6 heteroatoms. The van der Waals surface area contributed by atoms with Crippen LogP contribution in [0.1, 0.15) is 14.2 Å². The van der Waals surface area contributed by atoms with Gasteiger partial charge in [0.15, 0.2) is 0 Å². The Morgan fingerprint density at radius 3 is 2.47 bits per heavy atom. The summed E-state index contributed by atoms with van der Waals surface area (Å²) in [5, 5.41) is 0. The molecule has 3 fully saturated rings. The van der Waals surface area contributed by atoms with Gasteiger partial charge in [-0.1, -0.05) is 15.9 Å². The molecule has 0 radical (unpaired) electrons. The summed E-state index contributed by atoms with van der Waals surface area (Å²) in [5.74, 6) is 0.174. The van der Waals surface area contributed by atoms with Crippen molar-refractivity contribution in [2.24, 2.45) is 5.92 Å². The van der Waals surface area contributed by atoms with Crippen molar-refractivity contribution < 1.29 is 14.0 Å². The summed E-state index contributed by atoms with van der Waals surface area (Å²) in [7, 11) is -3.80. The maximum absolute atomic E-state index is 12.3. The SMILES string of the molecule is [2H]C1[C@H](OS(=O)(=O)c2ccc(Br)cc2)C2CCN1CC2. The maximum Gasteiger partial charge on any atom is 0.297 e. The van der Waals surface area contributed by atoms with Crippen LogP contribution in [0.4, 0.5) is 0 Å². The van der Waals surface area contributed by atoms with Crippen molar-refractivity contribution in [2.45, 2.75) is 23.8 Å². The van der Waals surface area contributed by atoms with Crippen molar-refractivity contribution in [1.29, 1.82) is 0 Å². The zero-order chi connectivity index (χ0) is 14.3. The molecule has 3 heterocycles. The quantitative estimate of drug-likeness (QED) is 0.787. The smallest absolute Gasteiger partial charge is 0.297 e. The van der Waals surface area contributed by atoms with Crippen molar-refractivity contribution in [1.82, 2.24) is 4.90 Å². The molecule has 3 aliphatic heterocycles. The van der Waals surface area contributed by atoms with Gasteiger partial charge in [0, 0.05) is 12.4 Å². The highest BCUT2D eigenvalue weighted by molar-refractivity contribution is 9.10. The number of rotatable bonds is 3. The van der Waals surface area contributed by atoms with E-state index in [2.05, 4.69) is 15.9 Å². The third-order valence-electron chi connectivity index (χ3n) is 3.74. The van der Waals surface area contributed by atoms with Crippen LogP contribution in [0.2, 0.25) is 0 Å². The normalized spacial score (nSPS) is 35.1. The summed E-state index contributed by atoms with van der Waals surface area (Å²) >= 11 is 3.27. The first-order valence-corrected chi connectivity index (χ1v) is 8.53. The van der Waals surface area contributed by atoms with Crippen LogP contribution in [0.5, 0.6) is 0 Å². The Balaban J connectivity index is 1.81. The number of halogens is 1. The van der Waals surface area contributed by atoms with Crippen LogP contribution >= 0.6 is 15.9 Å². The summed E-state index contributed by atoms with van der Waals surface area (Å²) in [6.45, 7) is 1.17.